The number of hydrogen-bond acceptors (Lipinski definition) is 4. The van der Waals surface area contributed by atoms with Crippen LogP contribution in [0.5, 0.6) is 0 Å². The molecule has 1 atom stereocenters. The van der Waals surface area contributed by atoms with E-state index in [0.29, 0.717) is 25.3 Å². The first-order chi connectivity index (χ1) is 12.6. The molecule has 1 aromatic heterocycles. The lowest BCUT2D eigenvalue weighted by Crippen LogP contribution is -2.36. The van der Waals surface area contributed by atoms with Crippen LogP contribution >= 0.6 is 0 Å². The minimum Gasteiger partial charge on any atom is -0.336 e. The minimum absolute atomic E-state index is 0.0767. The third-order valence-electron chi connectivity index (χ3n) is 4.29. The van der Waals surface area contributed by atoms with Crippen molar-refractivity contribution in [3.05, 3.63) is 60.2 Å². The molecule has 7 heteroatoms. The highest BCUT2D eigenvalue weighted by Crippen LogP contribution is 2.14. The fourth-order valence-electron chi connectivity index (χ4n) is 2.93. The maximum Gasteiger partial charge on any atom is 0.272 e. The van der Waals surface area contributed by atoms with Crippen LogP contribution in [-0.2, 0) is 4.79 Å². The average Bonchev–Trinajstić information content (AvgIpc) is 3.12. The number of pyridine rings is 1. The first-order valence-corrected chi connectivity index (χ1v) is 8.61. The highest BCUT2D eigenvalue weighted by atomic mass is 19.1. The molecule has 1 unspecified atom stereocenters. The van der Waals surface area contributed by atoms with Crippen molar-refractivity contribution in [3.8, 4) is 0 Å². The third-order valence-corrected chi connectivity index (χ3v) is 4.29. The molecule has 3 rings (SSSR count). The summed E-state index contributed by atoms with van der Waals surface area (Å²) in [5, 5.41) is 5.84. The summed E-state index contributed by atoms with van der Waals surface area (Å²) in [6.07, 6.45) is 2.67. The zero-order chi connectivity index (χ0) is 18.4. The molecule has 26 heavy (non-hydrogen) atoms. The lowest BCUT2D eigenvalue weighted by atomic mass is 10.2. The number of aromatic nitrogens is 1. The average molecular weight is 356 g/mol. The summed E-state index contributed by atoms with van der Waals surface area (Å²) in [6.45, 7) is 1.72. The van der Waals surface area contributed by atoms with E-state index in [-0.39, 0.29) is 30.0 Å². The Hall–Kier alpha value is -2.80. The van der Waals surface area contributed by atoms with Gasteiger partial charge in [-0.3, -0.25) is 14.6 Å². The predicted octanol–water partition coefficient (Wildman–Crippen LogP) is 2.05. The number of carbonyl (C=O) groups excluding carboxylic acids is 2. The molecule has 2 N–H and O–H groups in total. The normalized spacial score (nSPS) is 16.5. The number of rotatable bonds is 6. The number of hydrogen-bond donors (Lipinski definition) is 2. The Kier molecular flexibility index (Phi) is 5.91. The van der Waals surface area contributed by atoms with E-state index >= 15 is 0 Å². The van der Waals surface area contributed by atoms with E-state index in [1.165, 1.54) is 12.1 Å². The van der Waals surface area contributed by atoms with Crippen LogP contribution in [-0.4, -0.2) is 47.4 Å². The topological polar surface area (TPSA) is 74.3 Å². The number of anilines is 1. The Morgan fingerprint density at radius 3 is 2.77 bits per heavy atom. The number of nitrogens with one attached hydrogen (secondary N) is 2. The molecule has 0 radical (unpaired) electrons. The van der Waals surface area contributed by atoms with Gasteiger partial charge in [-0.05, 0) is 30.7 Å². The van der Waals surface area contributed by atoms with E-state index in [1.54, 1.807) is 41.4 Å². The summed E-state index contributed by atoms with van der Waals surface area (Å²) in [4.78, 5) is 30.1. The van der Waals surface area contributed by atoms with Crippen LogP contribution in [0.3, 0.4) is 0 Å². The summed E-state index contributed by atoms with van der Waals surface area (Å²) >= 11 is 0. The zero-order valence-corrected chi connectivity index (χ0v) is 14.3. The van der Waals surface area contributed by atoms with Crippen molar-refractivity contribution in [1.29, 1.82) is 0 Å². The van der Waals surface area contributed by atoms with E-state index in [2.05, 4.69) is 15.6 Å². The van der Waals surface area contributed by atoms with Gasteiger partial charge in [0, 0.05) is 38.3 Å². The number of carbonyl (C=O) groups is 2. The van der Waals surface area contributed by atoms with Crippen molar-refractivity contribution in [2.75, 3.05) is 25.0 Å². The third kappa shape index (κ3) is 4.64. The maximum absolute atomic E-state index is 13.5. The van der Waals surface area contributed by atoms with Gasteiger partial charge >= 0.3 is 0 Å². The number of likely N-dealkylation sites (tertiary alicyclic amines) is 1. The van der Waals surface area contributed by atoms with E-state index in [9.17, 15) is 14.0 Å². The van der Waals surface area contributed by atoms with Gasteiger partial charge in [0.15, 0.2) is 0 Å². The number of para-hydroxylation sites is 1. The molecule has 0 spiro atoms. The quantitative estimate of drug-likeness (QED) is 0.831. The molecule has 2 aromatic rings. The van der Waals surface area contributed by atoms with Crippen LogP contribution < -0.4 is 10.6 Å². The monoisotopic (exact) mass is 356 g/mol. The van der Waals surface area contributed by atoms with Crippen LogP contribution in [0.1, 0.15) is 23.3 Å². The highest BCUT2D eigenvalue weighted by Gasteiger charge is 2.27. The van der Waals surface area contributed by atoms with Crippen molar-refractivity contribution in [2.45, 2.75) is 18.9 Å². The summed E-state index contributed by atoms with van der Waals surface area (Å²) in [5.41, 5.74) is 0.628. The zero-order valence-electron chi connectivity index (χ0n) is 14.3. The number of benzene rings is 1. The summed E-state index contributed by atoms with van der Waals surface area (Å²) < 4.78 is 13.5. The van der Waals surface area contributed by atoms with Crippen LogP contribution in [0.4, 0.5) is 10.1 Å². The predicted molar refractivity (Wildman–Crippen MR) is 96.2 cm³/mol. The maximum atomic E-state index is 13.5. The lowest BCUT2D eigenvalue weighted by Gasteiger charge is -2.16. The minimum atomic E-state index is -0.451. The molecule has 0 saturated carbocycles. The van der Waals surface area contributed by atoms with Crippen molar-refractivity contribution < 1.29 is 14.0 Å². The number of halogens is 1. The number of nitrogens with zero attached hydrogens (tertiary/aromatic N) is 2. The molecule has 2 heterocycles. The molecule has 136 valence electrons. The largest absolute Gasteiger partial charge is 0.336 e. The molecule has 1 aliphatic rings. The van der Waals surface area contributed by atoms with Gasteiger partial charge in [-0.2, -0.15) is 0 Å². The Morgan fingerprint density at radius 1 is 1.19 bits per heavy atom. The molecule has 1 fully saturated rings. The van der Waals surface area contributed by atoms with Crippen LogP contribution in [0.2, 0.25) is 0 Å². The van der Waals surface area contributed by atoms with E-state index in [1.807, 2.05) is 0 Å². The second-order valence-corrected chi connectivity index (χ2v) is 6.18. The Labute approximate surface area is 151 Å². The Bertz CT molecular complexity index is 769. The molecule has 1 saturated heterocycles. The van der Waals surface area contributed by atoms with Crippen molar-refractivity contribution in [2.24, 2.45) is 0 Å². The first-order valence-electron chi connectivity index (χ1n) is 8.61. The van der Waals surface area contributed by atoms with Gasteiger partial charge in [0.2, 0.25) is 5.91 Å². The van der Waals surface area contributed by atoms with Gasteiger partial charge in [-0.25, -0.2) is 4.39 Å². The van der Waals surface area contributed by atoms with Gasteiger partial charge in [-0.1, -0.05) is 18.2 Å². The van der Waals surface area contributed by atoms with Crippen molar-refractivity contribution in [1.82, 2.24) is 15.2 Å². The molecule has 2 amide bonds. The fourth-order valence-corrected chi connectivity index (χ4v) is 2.93. The van der Waals surface area contributed by atoms with Gasteiger partial charge < -0.3 is 15.5 Å². The highest BCUT2D eigenvalue weighted by molar-refractivity contribution is 5.92. The molecule has 0 bridgehead atoms. The second-order valence-electron chi connectivity index (χ2n) is 6.18. The fraction of sp³-hybridized carbons (Fsp3) is 0.316. The summed E-state index contributed by atoms with van der Waals surface area (Å²) in [7, 11) is 0. The van der Waals surface area contributed by atoms with Gasteiger partial charge in [0.25, 0.3) is 5.91 Å². The van der Waals surface area contributed by atoms with Crippen molar-refractivity contribution in [3.63, 3.8) is 0 Å². The number of amides is 2. The molecular weight excluding hydrogens is 335 g/mol. The smallest absolute Gasteiger partial charge is 0.272 e. The van der Waals surface area contributed by atoms with Crippen LogP contribution in [0.15, 0.2) is 48.7 Å². The van der Waals surface area contributed by atoms with Gasteiger partial charge in [0.05, 0.1) is 5.69 Å². The lowest BCUT2D eigenvalue weighted by molar-refractivity contribution is -0.116. The first kappa shape index (κ1) is 18.0. The van der Waals surface area contributed by atoms with E-state index < -0.39 is 5.82 Å². The summed E-state index contributed by atoms with van der Waals surface area (Å²) in [5.74, 6) is -0.775. The summed E-state index contributed by atoms with van der Waals surface area (Å²) in [6, 6.07) is 11.5. The Morgan fingerprint density at radius 2 is 2.00 bits per heavy atom. The van der Waals surface area contributed by atoms with Crippen LogP contribution in [0.25, 0.3) is 0 Å². The molecule has 0 aliphatic carbocycles. The Balaban J connectivity index is 1.40. The molecule has 6 nitrogen and oxygen atoms in total. The second kappa shape index (κ2) is 8.53. The van der Waals surface area contributed by atoms with Gasteiger partial charge in [0.1, 0.15) is 11.5 Å². The molecule has 1 aromatic carbocycles. The molecule has 1 aliphatic heterocycles. The van der Waals surface area contributed by atoms with Crippen LogP contribution in [0, 0.1) is 5.82 Å². The SMILES string of the molecule is O=C(CCNC1CCN(C(=O)c2ccccn2)C1)Nc1ccccc1F. The van der Waals surface area contributed by atoms with Gasteiger partial charge in [-0.15, -0.1) is 0 Å². The standard InChI is InChI=1S/C19H21FN4O2/c20-15-5-1-2-6-16(15)23-18(25)8-11-21-14-9-12-24(13-14)19(26)17-7-3-4-10-22-17/h1-7,10,14,21H,8-9,11-13H2,(H,23,25). The van der Waals surface area contributed by atoms with E-state index in [0.717, 1.165) is 6.42 Å². The van der Waals surface area contributed by atoms with E-state index in [4.69, 9.17) is 0 Å². The molecular formula is C19H21FN4O2. The van der Waals surface area contributed by atoms with Crippen molar-refractivity contribution >= 4 is 17.5 Å².